The molecule has 2 aromatic carbocycles. The Labute approximate surface area is 155 Å². The van der Waals surface area contributed by atoms with E-state index >= 15 is 0 Å². The summed E-state index contributed by atoms with van der Waals surface area (Å²) in [7, 11) is 0. The van der Waals surface area contributed by atoms with Crippen molar-refractivity contribution < 1.29 is 9.90 Å². The van der Waals surface area contributed by atoms with Crippen molar-refractivity contribution in [1.82, 2.24) is 4.98 Å². The Bertz CT molecular complexity index is 952. The van der Waals surface area contributed by atoms with Gasteiger partial charge in [-0.05, 0) is 53.1 Å². The largest absolute Gasteiger partial charge is 0.481 e. The number of thioether (sulfide) groups is 1. The fourth-order valence-corrected chi connectivity index (χ4v) is 3.12. The van der Waals surface area contributed by atoms with Crippen molar-refractivity contribution in [2.45, 2.75) is 11.4 Å². The minimum Gasteiger partial charge on any atom is -0.481 e. The van der Waals surface area contributed by atoms with Gasteiger partial charge in [0.15, 0.2) is 0 Å². The highest BCUT2D eigenvalue weighted by Gasteiger charge is 2.02. The van der Waals surface area contributed by atoms with Crippen molar-refractivity contribution >= 4 is 23.4 Å². The third-order valence-electron chi connectivity index (χ3n) is 3.75. The first kappa shape index (κ1) is 17.8. The fraction of sp³-hybridized carbons (Fsp3) is 0.100. The summed E-state index contributed by atoms with van der Waals surface area (Å²) in [6.07, 6.45) is 1.65. The second kappa shape index (κ2) is 8.40. The van der Waals surface area contributed by atoms with E-state index in [2.05, 4.69) is 16.4 Å². The predicted octanol–water partition coefficient (Wildman–Crippen LogP) is 3.83. The summed E-state index contributed by atoms with van der Waals surface area (Å²) in [5.41, 5.74) is 3.83. The number of aromatic amines is 1. The first-order valence-corrected chi connectivity index (χ1v) is 9.05. The standard InChI is InChI=1S/C20H18N2O3S/c23-19-11-16(8-9-21-19)15-3-1-2-14(10-15)12-22-17-4-6-18(7-5-17)26-13-20(24)25/h1-11,22H,12-13H2,(H,21,23)(H,24,25). The van der Waals surface area contributed by atoms with Crippen LogP contribution in [-0.4, -0.2) is 21.8 Å². The van der Waals surface area contributed by atoms with Gasteiger partial charge in [0.2, 0.25) is 5.56 Å². The number of hydrogen-bond donors (Lipinski definition) is 3. The number of anilines is 1. The van der Waals surface area contributed by atoms with Gasteiger partial charge in [0, 0.05) is 29.4 Å². The number of carbonyl (C=O) groups is 1. The molecule has 5 nitrogen and oxygen atoms in total. The molecule has 6 heteroatoms. The number of aliphatic carboxylic acids is 1. The van der Waals surface area contributed by atoms with Crippen LogP contribution >= 0.6 is 11.8 Å². The fourth-order valence-electron chi connectivity index (χ4n) is 2.50. The van der Waals surface area contributed by atoms with Gasteiger partial charge < -0.3 is 15.4 Å². The summed E-state index contributed by atoms with van der Waals surface area (Å²) in [6, 6.07) is 19.2. The van der Waals surface area contributed by atoms with E-state index in [9.17, 15) is 9.59 Å². The van der Waals surface area contributed by atoms with Crippen LogP contribution in [0.4, 0.5) is 5.69 Å². The van der Waals surface area contributed by atoms with Crippen LogP contribution in [-0.2, 0) is 11.3 Å². The van der Waals surface area contributed by atoms with Gasteiger partial charge in [0.1, 0.15) is 0 Å². The van der Waals surface area contributed by atoms with E-state index in [1.165, 1.54) is 11.8 Å². The molecule has 0 fully saturated rings. The van der Waals surface area contributed by atoms with Crippen LogP contribution < -0.4 is 10.9 Å². The molecule has 0 atom stereocenters. The minimum atomic E-state index is -0.822. The maximum absolute atomic E-state index is 11.5. The molecule has 0 aliphatic carbocycles. The van der Waals surface area contributed by atoms with E-state index < -0.39 is 5.97 Å². The first-order chi connectivity index (χ1) is 12.6. The molecule has 0 aliphatic heterocycles. The van der Waals surface area contributed by atoms with Crippen LogP contribution in [0.1, 0.15) is 5.56 Å². The van der Waals surface area contributed by atoms with E-state index in [1.54, 1.807) is 12.3 Å². The normalized spacial score (nSPS) is 10.5. The number of aromatic nitrogens is 1. The lowest BCUT2D eigenvalue weighted by Crippen LogP contribution is -2.02. The molecule has 0 amide bonds. The lowest BCUT2D eigenvalue weighted by molar-refractivity contribution is -0.133. The monoisotopic (exact) mass is 366 g/mol. The smallest absolute Gasteiger partial charge is 0.313 e. The number of carboxylic acid groups (broad SMARTS) is 1. The molecule has 0 saturated heterocycles. The van der Waals surface area contributed by atoms with Crippen LogP contribution in [0.15, 0.2) is 76.6 Å². The second-order valence-electron chi connectivity index (χ2n) is 5.70. The molecular weight excluding hydrogens is 348 g/mol. The Morgan fingerprint density at radius 3 is 2.54 bits per heavy atom. The van der Waals surface area contributed by atoms with Crippen molar-refractivity contribution in [3.63, 3.8) is 0 Å². The Morgan fingerprint density at radius 2 is 1.81 bits per heavy atom. The maximum Gasteiger partial charge on any atom is 0.313 e. The van der Waals surface area contributed by atoms with Gasteiger partial charge >= 0.3 is 5.97 Å². The Hall–Kier alpha value is -2.99. The summed E-state index contributed by atoms with van der Waals surface area (Å²) < 4.78 is 0. The number of carboxylic acids is 1. The third kappa shape index (κ3) is 5.00. The van der Waals surface area contributed by atoms with E-state index in [0.717, 1.165) is 27.3 Å². The molecule has 3 N–H and O–H groups in total. The van der Waals surface area contributed by atoms with E-state index in [4.69, 9.17) is 5.11 Å². The van der Waals surface area contributed by atoms with Gasteiger partial charge in [-0.25, -0.2) is 0 Å². The third-order valence-corrected chi connectivity index (χ3v) is 4.75. The molecule has 0 radical (unpaired) electrons. The summed E-state index contributed by atoms with van der Waals surface area (Å²) >= 11 is 1.30. The topological polar surface area (TPSA) is 82.2 Å². The number of benzene rings is 2. The summed E-state index contributed by atoms with van der Waals surface area (Å²) in [5.74, 6) is -0.764. The predicted molar refractivity (Wildman–Crippen MR) is 105 cm³/mol. The Morgan fingerprint density at radius 1 is 1.04 bits per heavy atom. The van der Waals surface area contributed by atoms with Crippen molar-refractivity contribution in [1.29, 1.82) is 0 Å². The zero-order valence-corrected chi connectivity index (χ0v) is 14.8. The molecule has 3 rings (SSSR count). The summed E-state index contributed by atoms with van der Waals surface area (Å²) in [4.78, 5) is 25.6. The van der Waals surface area contributed by atoms with Crippen molar-refractivity contribution in [3.8, 4) is 11.1 Å². The van der Waals surface area contributed by atoms with Crippen LogP contribution in [0.3, 0.4) is 0 Å². The minimum absolute atomic E-state index is 0.0574. The molecule has 0 unspecified atom stereocenters. The first-order valence-electron chi connectivity index (χ1n) is 8.07. The van der Waals surface area contributed by atoms with Crippen molar-refractivity contribution in [2.75, 3.05) is 11.1 Å². The van der Waals surface area contributed by atoms with Crippen LogP contribution in [0, 0.1) is 0 Å². The number of nitrogens with one attached hydrogen (secondary N) is 2. The molecular formula is C20H18N2O3S. The van der Waals surface area contributed by atoms with Gasteiger partial charge in [0.25, 0.3) is 0 Å². The van der Waals surface area contributed by atoms with Crippen molar-refractivity contribution in [2.24, 2.45) is 0 Å². The molecule has 1 heterocycles. The molecule has 26 heavy (non-hydrogen) atoms. The van der Waals surface area contributed by atoms with Gasteiger partial charge in [-0.2, -0.15) is 0 Å². The average molecular weight is 366 g/mol. The molecule has 0 bridgehead atoms. The molecule has 132 valence electrons. The Balaban J connectivity index is 1.64. The average Bonchev–Trinajstić information content (AvgIpc) is 2.66. The molecule has 0 saturated carbocycles. The number of hydrogen-bond acceptors (Lipinski definition) is 4. The molecule has 0 spiro atoms. The van der Waals surface area contributed by atoms with Crippen LogP contribution in [0.5, 0.6) is 0 Å². The SMILES string of the molecule is O=C(O)CSc1ccc(NCc2cccc(-c3cc[nH]c(=O)c3)c2)cc1. The number of pyridine rings is 1. The Kier molecular flexibility index (Phi) is 5.76. The van der Waals surface area contributed by atoms with Gasteiger partial charge in [-0.3, -0.25) is 9.59 Å². The van der Waals surface area contributed by atoms with Crippen LogP contribution in [0.2, 0.25) is 0 Å². The highest BCUT2D eigenvalue weighted by molar-refractivity contribution is 8.00. The van der Waals surface area contributed by atoms with E-state index in [0.29, 0.717) is 6.54 Å². The second-order valence-corrected chi connectivity index (χ2v) is 6.75. The van der Waals surface area contributed by atoms with Gasteiger partial charge in [-0.15, -0.1) is 11.8 Å². The van der Waals surface area contributed by atoms with Crippen molar-refractivity contribution in [3.05, 3.63) is 82.8 Å². The van der Waals surface area contributed by atoms with E-state index in [-0.39, 0.29) is 11.3 Å². The van der Waals surface area contributed by atoms with Crippen LogP contribution in [0.25, 0.3) is 11.1 Å². The zero-order valence-electron chi connectivity index (χ0n) is 13.9. The highest BCUT2D eigenvalue weighted by Crippen LogP contribution is 2.22. The zero-order chi connectivity index (χ0) is 18.4. The van der Waals surface area contributed by atoms with Gasteiger partial charge in [-0.1, -0.05) is 18.2 Å². The quantitative estimate of drug-likeness (QED) is 0.554. The number of rotatable bonds is 7. The van der Waals surface area contributed by atoms with Gasteiger partial charge in [0.05, 0.1) is 5.75 Å². The summed E-state index contributed by atoms with van der Waals surface area (Å²) in [5, 5.41) is 12.1. The number of H-pyrrole nitrogens is 1. The molecule has 3 aromatic rings. The maximum atomic E-state index is 11.5. The molecule has 1 aromatic heterocycles. The lowest BCUT2D eigenvalue weighted by Gasteiger charge is -2.09. The van der Waals surface area contributed by atoms with E-state index in [1.807, 2.05) is 48.5 Å². The highest BCUT2D eigenvalue weighted by atomic mass is 32.2. The summed E-state index contributed by atoms with van der Waals surface area (Å²) in [6.45, 7) is 0.651. The molecule has 0 aliphatic rings. The lowest BCUT2D eigenvalue weighted by atomic mass is 10.0.